The molecule has 21 heavy (non-hydrogen) atoms. The smallest absolute Gasteiger partial charge is 0.325 e. The molecule has 0 saturated heterocycles. The maximum atomic E-state index is 11.6. The molecule has 0 saturated carbocycles. The Hall–Kier alpha value is -1.61. The van der Waals surface area contributed by atoms with E-state index in [9.17, 15) is 19.2 Å². The second-order valence-electron chi connectivity index (χ2n) is 4.61. The van der Waals surface area contributed by atoms with Crippen molar-refractivity contribution in [2.24, 2.45) is 5.73 Å². The fraction of sp³-hybridized carbons (Fsp3) is 0.667. The van der Waals surface area contributed by atoms with E-state index < -0.39 is 35.9 Å². The lowest BCUT2D eigenvalue weighted by atomic mass is 10.1. The Labute approximate surface area is 128 Å². The molecule has 0 aliphatic heterocycles. The molecule has 0 unspecified atom stereocenters. The number of ketones is 1. The van der Waals surface area contributed by atoms with Gasteiger partial charge in [-0.3, -0.25) is 19.2 Å². The topological polar surface area (TPSA) is 139 Å². The summed E-state index contributed by atoms with van der Waals surface area (Å²) in [5.41, 5.74) is 5.46. The lowest BCUT2D eigenvalue weighted by molar-refractivity contribution is -0.141. The average molecular weight is 319 g/mol. The molecule has 0 aromatic carbocycles. The third kappa shape index (κ3) is 7.66. The van der Waals surface area contributed by atoms with Crippen LogP contribution in [0.25, 0.3) is 0 Å². The van der Waals surface area contributed by atoms with Crippen LogP contribution in [0.4, 0.5) is 0 Å². The minimum atomic E-state index is -1.17. The number of Topliss-reactive ketones (excluding diaryl/α,β-unsaturated/α-hetero) is 1. The highest BCUT2D eigenvalue weighted by molar-refractivity contribution is 7.80. The van der Waals surface area contributed by atoms with E-state index in [2.05, 4.69) is 23.3 Å². The van der Waals surface area contributed by atoms with Gasteiger partial charge in [-0.15, -0.1) is 0 Å². The van der Waals surface area contributed by atoms with Crippen molar-refractivity contribution in [3.8, 4) is 0 Å². The summed E-state index contributed by atoms with van der Waals surface area (Å²) in [6.45, 7) is 2.73. The highest BCUT2D eigenvalue weighted by Gasteiger charge is 2.21. The largest absolute Gasteiger partial charge is 0.480 e. The SMILES string of the molecule is C[C@@H](NC(=O)[C@@H](C)NC(=O)CCC(=O)[C@H](N)CS)C(=O)O. The molecule has 0 spiro atoms. The van der Waals surface area contributed by atoms with Gasteiger partial charge in [0.25, 0.3) is 0 Å². The monoisotopic (exact) mass is 319 g/mol. The third-order valence-electron chi connectivity index (χ3n) is 2.71. The Balaban J connectivity index is 4.17. The lowest BCUT2D eigenvalue weighted by Crippen LogP contribution is -2.49. The third-order valence-corrected chi connectivity index (χ3v) is 3.10. The Morgan fingerprint density at radius 2 is 1.67 bits per heavy atom. The van der Waals surface area contributed by atoms with Gasteiger partial charge in [0.05, 0.1) is 6.04 Å². The second kappa shape index (κ2) is 9.35. The molecule has 0 bridgehead atoms. The zero-order chi connectivity index (χ0) is 16.6. The fourth-order valence-electron chi connectivity index (χ4n) is 1.30. The van der Waals surface area contributed by atoms with Crippen molar-refractivity contribution >= 4 is 36.2 Å². The predicted molar refractivity (Wildman–Crippen MR) is 78.9 cm³/mol. The van der Waals surface area contributed by atoms with Crippen LogP contribution in [-0.2, 0) is 19.2 Å². The fourth-order valence-corrected chi connectivity index (χ4v) is 1.51. The molecule has 0 rings (SSSR count). The van der Waals surface area contributed by atoms with Crippen molar-refractivity contribution in [3.05, 3.63) is 0 Å². The first-order valence-corrected chi connectivity index (χ1v) is 7.04. The van der Waals surface area contributed by atoms with Crippen molar-refractivity contribution in [2.45, 2.75) is 44.8 Å². The number of hydrogen-bond donors (Lipinski definition) is 5. The van der Waals surface area contributed by atoms with Gasteiger partial charge in [0, 0.05) is 18.6 Å². The summed E-state index contributed by atoms with van der Waals surface area (Å²) in [6.07, 6.45) is -0.125. The van der Waals surface area contributed by atoms with Gasteiger partial charge in [-0.2, -0.15) is 12.6 Å². The van der Waals surface area contributed by atoms with Gasteiger partial charge in [0.15, 0.2) is 5.78 Å². The molecule has 9 heteroatoms. The van der Waals surface area contributed by atoms with E-state index in [1.807, 2.05) is 0 Å². The number of amides is 2. The van der Waals surface area contributed by atoms with Gasteiger partial charge in [-0.1, -0.05) is 0 Å². The average Bonchev–Trinajstić information content (AvgIpc) is 2.43. The van der Waals surface area contributed by atoms with Crippen LogP contribution in [0, 0.1) is 0 Å². The first-order chi connectivity index (χ1) is 9.68. The minimum absolute atomic E-state index is 0.0343. The molecule has 0 radical (unpaired) electrons. The van der Waals surface area contributed by atoms with Gasteiger partial charge in [-0.05, 0) is 13.8 Å². The number of nitrogens with two attached hydrogens (primary N) is 1. The summed E-state index contributed by atoms with van der Waals surface area (Å²) in [7, 11) is 0. The summed E-state index contributed by atoms with van der Waals surface area (Å²) in [5, 5.41) is 13.3. The number of carboxylic acids is 1. The quantitative estimate of drug-likeness (QED) is 0.334. The summed E-state index contributed by atoms with van der Waals surface area (Å²) in [6, 6.07) is -2.65. The number of nitrogens with one attached hydrogen (secondary N) is 2. The van der Waals surface area contributed by atoms with Gasteiger partial charge in [0.1, 0.15) is 12.1 Å². The number of aliphatic carboxylic acids is 1. The first-order valence-electron chi connectivity index (χ1n) is 6.40. The number of carbonyl (C=O) groups excluding carboxylic acids is 3. The summed E-state index contributed by atoms with van der Waals surface area (Å²) in [5.74, 6) is -2.35. The van der Waals surface area contributed by atoms with Crippen LogP contribution in [0.5, 0.6) is 0 Å². The Bertz CT molecular complexity index is 416. The van der Waals surface area contributed by atoms with Crippen molar-refractivity contribution < 1.29 is 24.3 Å². The molecule has 2 amide bonds. The standard InChI is InChI=1S/C12H21N3O5S/c1-6(11(18)15-7(2)12(19)20)14-10(17)4-3-9(16)8(13)5-21/h6-8,21H,3-5,13H2,1-2H3,(H,14,17)(H,15,18)(H,19,20)/t6-,7-,8-/m1/s1. The van der Waals surface area contributed by atoms with E-state index in [-0.39, 0.29) is 24.4 Å². The first kappa shape index (κ1) is 19.4. The maximum Gasteiger partial charge on any atom is 0.325 e. The number of carbonyl (C=O) groups is 4. The van der Waals surface area contributed by atoms with Crippen LogP contribution < -0.4 is 16.4 Å². The maximum absolute atomic E-state index is 11.6. The zero-order valence-electron chi connectivity index (χ0n) is 12.0. The van der Waals surface area contributed by atoms with Crippen LogP contribution in [0.1, 0.15) is 26.7 Å². The molecule has 0 heterocycles. The highest BCUT2D eigenvalue weighted by Crippen LogP contribution is 1.97. The Kier molecular flexibility index (Phi) is 8.63. The van der Waals surface area contributed by atoms with Crippen molar-refractivity contribution in [2.75, 3.05) is 5.75 Å². The molecule has 0 aromatic heterocycles. The molecule has 5 N–H and O–H groups in total. The van der Waals surface area contributed by atoms with Gasteiger partial charge in [0.2, 0.25) is 11.8 Å². The lowest BCUT2D eigenvalue weighted by Gasteiger charge is -2.16. The molecule has 0 aliphatic rings. The van der Waals surface area contributed by atoms with E-state index in [1.54, 1.807) is 0 Å². The summed E-state index contributed by atoms with van der Waals surface area (Å²) in [4.78, 5) is 45.2. The highest BCUT2D eigenvalue weighted by atomic mass is 32.1. The molecule has 0 fully saturated rings. The van der Waals surface area contributed by atoms with E-state index in [4.69, 9.17) is 10.8 Å². The van der Waals surface area contributed by atoms with Crippen LogP contribution >= 0.6 is 12.6 Å². The number of hydrogen-bond acceptors (Lipinski definition) is 6. The molecule has 0 aliphatic carbocycles. The summed E-state index contributed by atoms with van der Waals surface area (Å²) >= 11 is 3.88. The normalized spacial score (nSPS) is 14.7. The Morgan fingerprint density at radius 1 is 1.10 bits per heavy atom. The van der Waals surface area contributed by atoms with Gasteiger partial charge >= 0.3 is 5.97 Å². The number of thiol groups is 1. The van der Waals surface area contributed by atoms with Crippen molar-refractivity contribution in [3.63, 3.8) is 0 Å². The zero-order valence-corrected chi connectivity index (χ0v) is 12.9. The predicted octanol–water partition coefficient (Wildman–Crippen LogP) is -1.31. The second-order valence-corrected chi connectivity index (χ2v) is 4.98. The van der Waals surface area contributed by atoms with E-state index in [0.717, 1.165) is 0 Å². The molecule has 3 atom stereocenters. The van der Waals surface area contributed by atoms with Crippen molar-refractivity contribution in [1.29, 1.82) is 0 Å². The van der Waals surface area contributed by atoms with Gasteiger partial charge < -0.3 is 21.5 Å². The molecule has 0 aromatic rings. The molecule has 8 nitrogen and oxygen atoms in total. The number of carboxylic acid groups (broad SMARTS) is 1. The summed E-state index contributed by atoms with van der Waals surface area (Å²) < 4.78 is 0. The van der Waals surface area contributed by atoms with Crippen LogP contribution in [0.3, 0.4) is 0 Å². The Morgan fingerprint density at radius 3 is 2.14 bits per heavy atom. The van der Waals surface area contributed by atoms with Gasteiger partial charge in [-0.25, -0.2) is 0 Å². The minimum Gasteiger partial charge on any atom is -0.480 e. The van der Waals surface area contributed by atoms with Crippen LogP contribution in [0.15, 0.2) is 0 Å². The van der Waals surface area contributed by atoms with Crippen LogP contribution in [-0.4, -0.2) is 52.6 Å². The molecular formula is C12H21N3O5S. The number of rotatable bonds is 9. The van der Waals surface area contributed by atoms with Crippen LogP contribution in [0.2, 0.25) is 0 Å². The van der Waals surface area contributed by atoms with E-state index in [1.165, 1.54) is 13.8 Å². The molecule has 120 valence electrons. The van der Waals surface area contributed by atoms with E-state index in [0.29, 0.717) is 0 Å². The molecular weight excluding hydrogens is 298 g/mol. The van der Waals surface area contributed by atoms with Crippen molar-refractivity contribution in [1.82, 2.24) is 10.6 Å². The van der Waals surface area contributed by atoms with E-state index >= 15 is 0 Å².